The van der Waals surface area contributed by atoms with E-state index in [1.165, 1.54) is 6.08 Å². The average Bonchev–Trinajstić information content (AvgIpc) is 3.26. The third-order valence-corrected chi connectivity index (χ3v) is 5.19. The third-order valence-electron chi connectivity index (χ3n) is 4.04. The van der Waals surface area contributed by atoms with Crippen LogP contribution in [0.4, 0.5) is 0 Å². The minimum atomic E-state index is -0.418. The van der Waals surface area contributed by atoms with Gasteiger partial charge in [-0.3, -0.25) is 5.01 Å². The molecule has 1 unspecified atom stereocenters. The van der Waals surface area contributed by atoms with Crippen molar-refractivity contribution in [3.05, 3.63) is 62.9 Å². The Morgan fingerprint density at radius 1 is 1.50 bits per heavy atom. The molecule has 1 aliphatic heterocycles. The average molecular weight is 391 g/mol. The molecule has 1 aliphatic rings. The van der Waals surface area contributed by atoms with Crippen LogP contribution in [0.5, 0.6) is 5.75 Å². The maximum absolute atomic E-state index is 11.8. The molecule has 0 fully saturated rings. The molecule has 2 heterocycles. The topological polar surface area (TPSA) is 62.1 Å². The van der Waals surface area contributed by atoms with Gasteiger partial charge in [0.05, 0.1) is 23.2 Å². The van der Waals surface area contributed by atoms with E-state index in [1.54, 1.807) is 48.4 Å². The van der Waals surface area contributed by atoms with E-state index in [4.69, 9.17) is 21.4 Å². The van der Waals surface area contributed by atoms with Gasteiger partial charge >= 0.3 is 5.97 Å². The minimum Gasteiger partial charge on any atom is -0.508 e. The van der Waals surface area contributed by atoms with Crippen LogP contribution in [-0.2, 0) is 9.53 Å². The summed E-state index contributed by atoms with van der Waals surface area (Å²) in [4.78, 5) is 12.9. The summed E-state index contributed by atoms with van der Waals surface area (Å²) in [6, 6.07) is 8.67. The predicted molar refractivity (Wildman–Crippen MR) is 104 cm³/mol. The Morgan fingerprint density at radius 2 is 2.31 bits per heavy atom. The molecule has 2 aromatic rings. The van der Waals surface area contributed by atoms with Gasteiger partial charge in [0.1, 0.15) is 5.75 Å². The lowest BCUT2D eigenvalue weighted by atomic mass is 10.00. The molecule has 0 radical (unpaired) electrons. The van der Waals surface area contributed by atoms with Gasteiger partial charge in [-0.25, -0.2) is 4.79 Å². The summed E-state index contributed by atoms with van der Waals surface area (Å²) in [5.74, 6) is -0.269. The van der Waals surface area contributed by atoms with Crippen LogP contribution in [0.25, 0.3) is 0 Å². The summed E-state index contributed by atoms with van der Waals surface area (Å²) in [6.07, 6.45) is 2.02. The van der Waals surface area contributed by atoms with Crippen molar-refractivity contribution >= 4 is 34.6 Å². The largest absolute Gasteiger partial charge is 0.508 e. The van der Waals surface area contributed by atoms with Crippen LogP contribution in [0.2, 0.25) is 5.02 Å². The number of allylic oxidation sites excluding steroid dienone is 1. The number of thiophene rings is 1. The van der Waals surface area contributed by atoms with Crippen molar-refractivity contribution in [3.8, 4) is 5.75 Å². The Balaban J connectivity index is 1.99. The number of aromatic hydroxyl groups is 1. The van der Waals surface area contributed by atoms with Crippen molar-refractivity contribution in [2.45, 2.75) is 26.3 Å². The van der Waals surface area contributed by atoms with Gasteiger partial charge in [-0.1, -0.05) is 17.7 Å². The molecule has 26 heavy (non-hydrogen) atoms. The number of phenols is 1. The molecule has 0 saturated heterocycles. The molecular formula is C19H19ClN2O3S. The van der Waals surface area contributed by atoms with E-state index in [2.05, 4.69) is 0 Å². The van der Waals surface area contributed by atoms with Crippen LogP contribution in [0.1, 0.15) is 36.8 Å². The third kappa shape index (κ3) is 3.92. The van der Waals surface area contributed by atoms with Crippen molar-refractivity contribution in [1.29, 1.82) is 0 Å². The van der Waals surface area contributed by atoms with Crippen molar-refractivity contribution in [2.75, 3.05) is 6.61 Å². The van der Waals surface area contributed by atoms with E-state index in [1.807, 2.05) is 17.5 Å². The number of carbonyl (C=O) groups is 1. The molecule has 0 bridgehead atoms. The summed E-state index contributed by atoms with van der Waals surface area (Å²) < 4.78 is 5.00. The summed E-state index contributed by atoms with van der Waals surface area (Å²) in [6.45, 7) is 3.87. The van der Waals surface area contributed by atoms with Crippen LogP contribution in [-0.4, -0.2) is 28.4 Å². The second-order valence-corrected chi connectivity index (χ2v) is 7.21. The standard InChI is InChI=1S/C19H19ClN2O3S/c1-3-25-19(24)9-12(2)22-16(14-10-13(20)6-7-17(14)23)11-15(21-22)18-5-4-8-26-18/h4-10,16,23H,3,11H2,1-2H3/b12-9+. The monoisotopic (exact) mass is 390 g/mol. The Bertz CT molecular complexity index is 862. The molecule has 1 aromatic heterocycles. The van der Waals surface area contributed by atoms with E-state index in [0.717, 1.165) is 10.6 Å². The van der Waals surface area contributed by atoms with Crippen molar-refractivity contribution in [1.82, 2.24) is 5.01 Å². The highest BCUT2D eigenvalue weighted by Crippen LogP contribution is 2.40. The van der Waals surface area contributed by atoms with Gasteiger partial charge in [0.25, 0.3) is 0 Å². The molecule has 1 atom stereocenters. The molecule has 0 amide bonds. The number of rotatable bonds is 5. The van der Waals surface area contributed by atoms with Gasteiger partial charge in [0.15, 0.2) is 0 Å². The summed E-state index contributed by atoms with van der Waals surface area (Å²) in [5, 5.41) is 19.3. The first-order chi connectivity index (χ1) is 12.5. The number of hydrazone groups is 1. The number of carbonyl (C=O) groups excluding carboxylic acids is 1. The van der Waals surface area contributed by atoms with Crippen LogP contribution < -0.4 is 0 Å². The Morgan fingerprint density at radius 3 is 3.00 bits per heavy atom. The molecule has 5 nitrogen and oxygen atoms in total. The minimum absolute atomic E-state index is 0.149. The predicted octanol–water partition coefficient (Wildman–Crippen LogP) is 4.73. The summed E-state index contributed by atoms with van der Waals surface area (Å²) in [7, 11) is 0. The number of nitrogens with zero attached hydrogens (tertiary/aromatic N) is 2. The Kier molecular flexibility index (Phi) is 5.64. The fourth-order valence-electron chi connectivity index (χ4n) is 2.88. The molecule has 136 valence electrons. The number of ether oxygens (including phenoxy) is 1. The van der Waals surface area contributed by atoms with E-state index in [-0.39, 0.29) is 11.8 Å². The molecule has 0 spiro atoms. The number of hydrogen-bond acceptors (Lipinski definition) is 6. The maximum atomic E-state index is 11.8. The van der Waals surface area contributed by atoms with Crippen molar-refractivity contribution in [3.63, 3.8) is 0 Å². The summed E-state index contributed by atoms with van der Waals surface area (Å²) >= 11 is 7.73. The molecule has 7 heteroatoms. The van der Waals surface area contributed by atoms with E-state index in [0.29, 0.717) is 29.3 Å². The highest BCUT2D eigenvalue weighted by atomic mass is 35.5. The number of esters is 1. The van der Waals surface area contributed by atoms with Crippen LogP contribution >= 0.6 is 22.9 Å². The van der Waals surface area contributed by atoms with Crippen LogP contribution in [0.3, 0.4) is 0 Å². The zero-order valence-electron chi connectivity index (χ0n) is 14.5. The second-order valence-electron chi connectivity index (χ2n) is 5.83. The first-order valence-corrected chi connectivity index (χ1v) is 9.49. The second kappa shape index (κ2) is 7.93. The van der Waals surface area contributed by atoms with Gasteiger partial charge in [-0.05, 0) is 43.5 Å². The lowest BCUT2D eigenvalue weighted by molar-refractivity contribution is -0.137. The highest BCUT2D eigenvalue weighted by molar-refractivity contribution is 7.12. The smallest absolute Gasteiger partial charge is 0.332 e. The van der Waals surface area contributed by atoms with E-state index in [9.17, 15) is 9.90 Å². The molecule has 1 N–H and O–H groups in total. The number of halogens is 1. The zero-order chi connectivity index (χ0) is 18.7. The lowest BCUT2D eigenvalue weighted by Gasteiger charge is -2.25. The molecule has 3 rings (SSSR count). The maximum Gasteiger partial charge on any atom is 0.332 e. The first kappa shape index (κ1) is 18.5. The fourth-order valence-corrected chi connectivity index (χ4v) is 3.78. The molecular weight excluding hydrogens is 372 g/mol. The number of phenolic OH excluding ortho intramolecular Hbond substituents is 1. The number of benzene rings is 1. The van der Waals surface area contributed by atoms with Gasteiger partial charge in [-0.2, -0.15) is 5.10 Å². The normalized spacial score (nSPS) is 17.3. The molecule has 0 aliphatic carbocycles. The van der Waals surface area contributed by atoms with Gasteiger partial charge in [0, 0.05) is 28.8 Å². The number of hydrogen-bond donors (Lipinski definition) is 1. The van der Waals surface area contributed by atoms with Gasteiger partial charge < -0.3 is 9.84 Å². The lowest BCUT2D eigenvalue weighted by Crippen LogP contribution is -2.19. The zero-order valence-corrected chi connectivity index (χ0v) is 16.0. The van der Waals surface area contributed by atoms with Crippen molar-refractivity contribution in [2.24, 2.45) is 5.10 Å². The first-order valence-electron chi connectivity index (χ1n) is 8.23. The van der Waals surface area contributed by atoms with Gasteiger partial charge in [-0.15, -0.1) is 11.3 Å². The summed E-state index contributed by atoms with van der Waals surface area (Å²) in [5.41, 5.74) is 2.21. The molecule has 0 saturated carbocycles. The highest BCUT2D eigenvalue weighted by Gasteiger charge is 2.32. The van der Waals surface area contributed by atoms with Gasteiger partial charge in [0.2, 0.25) is 0 Å². The fraction of sp³-hybridized carbons (Fsp3) is 0.263. The molecule has 1 aromatic carbocycles. The SMILES string of the molecule is CCOC(=O)/C=C(\C)N1N=C(c2cccs2)CC1c1cc(Cl)ccc1O. The van der Waals surface area contributed by atoms with Crippen LogP contribution in [0, 0.1) is 0 Å². The van der Waals surface area contributed by atoms with Crippen LogP contribution in [0.15, 0.2) is 52.6 Å². The van der Waals surface area contributed by atoms with E-state index < -0.39 is 5.97 Å². The Labute approximate surface area is 161 Å². The van der Waals surface area contributed by atoms with E-state index >= 15 is 0 Å². The quantitative estimate of drug-likeness (QED) is 0.592. The van der Waals surface area contributed by atoms with Crippen molar-refractivity contribution < 1.29 is 14.6 Å². The Hall–Kier alpha value is -2.31.